The molecule has 0 amide bonds. The molecular formula is C11H17BrN2O4S2. The third-order valence-corrected chi connectivity index (χ3v) is 6.29. The highest BCUT2D eigenvalue weighted by molar-refractivity contribution is 9.11. The van der Waals surface area contributed by atoms with Crippen molar-refractivity contribution < 1.29 is 18.3 Å². The Bertz CT molecular complexity index is 559. The van der Waals surface area contributed by atoms with E-state index < -0.39 is 16.2 Å². The van der Waals surface area contributed by atoms with Crippen LogP contribution in [-0.2, 0) is 21.5 Å². The Morgan fingerprint density at radius 3 is 2.55 bits per heavy atom. The number of nitrogens with zero attached hydrogens (tertiary/aromatic N) is 2. The fourth-order valence-electron chi connectivity index (χ4n) is 1.53. The maximum absolute atomic E-state index is 12.3. The molecule has 114 valence electrons. The number of hydrogen-bond acceptors (Lipinski definition) is 4. The predicted molar refractivity (Wildman–Crippen MR) is 81.9 cm³/mol. The lowest BCUT2D eigenvalue weighted by Crippen LogP contribution is -2.42. The first-order valence-corrected chi connectivity index (χ1v) is 8.95. The first-order chi connectivity index (χ1) is 9.27. The Balaban J connectivity index is 2.78. The van der Waals surface area contributed by atoms with Crippen LogP contribution >= 0.6 is 27.3 Å². The van der Waals surface area contributed by atoms with Crippen LogP contribution in [0.1, 0.15) is 18.2 Å². The summed E-state index contributed by atoms with van der Waals surface area (Å²) in [5, 5.41) is 8.62. The van der Waals surface area contributed by atoms with Crippen molar-refractivity contribution in [1.29, 1.82) is 0 Å². The summed E-state index contributed by atoms with van der Waals surface area (Å²) in [6, 6.07) is 3.73. The largest absolute Gasteiger partial charge is 0.481 e. The van der Waals surface area contributed by atoms with E-state index in [9.17, 15) is 13.2 Å². The minimum absolute atomic E-state index is 0.0394. The van der Waals surface area contributed by atoms with Gasteiger partial charge >= 0.3 is 5.97 Å². The van der Waals surface area contributed by atoms with E-state index in [4.69, 9.17) is 5.11 Å². The zero-order valence-corrected chi connectivity index (χ0v) is 14.5. The van der Waals surface area contributed by atoms with E-state index in [-0.39, 0.29) is 19.5 Å². The molecule has 0 atom stereocenters. The number of halogens is 1. The summed E-state index contributed by atoms with van der Waals surface area (Å²) in [5.74, 6) is -1.02. The van der Waals surface area contributed by atoms with Crippen LogP contribution in [0.15, 0.2) is 15.9 Å². The van der Waals surface area contributed by atoms with E-state index in [2.05, 4.69) is 15.9 Å². The van der Waals surface area contributed by atoms with Crippen LogP contribution in [0, 0.1) is 0 Å². The van der Waals surface area contributed by atoms with Gasteiger partial charge < -0.3 is 5.11 Å². The second-order valence-electron chi connectivity index (χ2n) is 4.11. The zero-order valence-electron chi connectivity index (χ0n) is 11.2. The van der Waals surface area contributed by atoms with Crippen molar-refractivity contribution in [2.45, 2.75) is 19.9 Å². The van der Waals surface area contributed by atoms with Gasteiger partial charge in [0.15, 0.2) is 0 Å². The quantitative estimate of drug-likeness (QED) is 0.743. The van der Waals surface area contributed by atoms with E-state index in [1.54, 1.807) is 6.92 Å². The molecule has 1 N–H and O–H groups in total. The fourth-order valence-corrected chi connectivity index (χ4v) is 4.46. The Morgan fingerprint density at radius 2 is 2.10 bits per heavy atom. The molecule has 1 aromatic rings. The van der Waals surface area contributed by atoms with E-state index in [0.29, 0.717) is 6.54 Å². The summed E-state index contributed by atoms with van der Waals surface area (Å²) >= 11 is 4.81. The summed E-state index contributed by atoms with van der Waals surface area (Å²) in [5.41, 5.74) is 0. The molecule has 1 aromatic heterocycles. The number of carboxylic acid groups (broad SMARTS) is 1. The summed E-state index contributed by atoms with van der Waals surface area (Å²) < 4.78 is 28.0. The minimum Gasteiger partial charge on any atom is -0.481 e. The van der Waals surface area contributed by atoms with Crippen molar-refractivity contribution >= 4 is 43.4 Å². The molecule has 0 fully saturated rings. The molecule has 0 aromatic carbocycles. The van der Waals surface area contributed by atoms with Crippen molar-refractivity contribution in [1.82, 2.24) is 8.61 Å². The van der Waals surface area contributed by atoms with Crippen molar-refractivity contribution in [3.8, 4) is 0 Å². The molecule has 0 saturated carbocycles. The number of carbonyl (C=O) groups is 1. The number of carboxylic acids is 1. The van der Waals surface area contributed by atoms with Crippen molar-refractivity contribution in [2.75, 3.05) is 20.1 Å². The normalized spacial score (nSPS) is 12.2. The molecule has 20 heavy (non-hydrogen) atoms. The summed E-state index contributed by atoms with van der Waals surface area (Å²) in [6.45, 7) is 2.33. The predicted octanol–water partition coefficient (Wildman–Crippen LogP) is 1.98. The highest BCUT2D eigenvalue weighted by Crippen LogP contribution is 2.24. The van der Waals surface area contributed by atoms with E-state index in [1.807, 2.05) is 12.1 Å². The molecule has 1 heterocycles. The van der Waals surface area contributed by atoms with Crippen LogP contribution in [-0.4, -0.2) is 48.2 Å². The molecule has 0 aliphatic carbocycles. The maximum Gasteiger partial charge on any atom is 0.304 e. The molecule has 0 aliphatic heterocycles. The van der Waals surface area contributed by atoms with Crippen LogP contribution in [0.2, 0.25) is 0 Å². The van der Waals surface area contributed by atoms with Crippen molar-refractivity contribution in [3.63, 3.8) is 0 Å². The molecule has 0 spiro atoms. The van der Waals surface area contributed by atoms with Crippen LogP contribution in [0.25, 0.3) is 0 Å². The minimum atomic E-state index is -3.64. The van der Waals surface area contributed by atoms with Gasteiger partial charge in [0.1, 0.15) is 0 Å². The van der Waals surface area contributed by atoms with Gasteiger partial charge in [-0.05, 0) is 28.1 Å². The third-order valence-electron chi connectivity index (χ3n) is 2.67. The summed E-state index contributed by atoms with van der Waals surface area (Å²) in [4.78, 5) is 11.5. The number of aliphatic carboxylic acids is 1. The van der Waals surface area contributed by atoms with Gasteiger partial charge in [0.05, 0.1) is 10.2 Å². The van der Waals surface area contributed by atoms with Gasteiger partial charge in [-0.25, -0.2) is 0 Å². The topological polar surface area (TPSA) is 77.9 Å². The molecule has 9 heteroatoms. The molecule has 6 nitrogen and oxygen atoms in total. The maximum atomic E-state index is 12.3. The number of thiophene rings is 1. The van der Waals surface area contributed by atoms with Crippen molar-refractivity contribution in [3.05, 3.63) is 20.8 Å². The second-order valence-corrected chi connectivity index (χ2v) is 8.69. The first-order valence-electron chi connectivity index (χ1n) is 5.94. The SMILES string of the molecule is CCN(Cc1ccc(Br)s1)S(=O)(=O)N(C)CCC(=O)O. The fraction of sp³-hybridized carbons (Fsp3) is 0.545. The Kier molecular flexibility index (Phi) is 6.59. The monoisotopic (exact) mass is 384 g/mol. The summed E-state index contributed by atoms with van der Waals surface area (Å²) in [6.07, 6.45) is -0.210. The van der Waals surface area contributed by atoms with Gasteiger partial charge in [-0.15, -0.1) is 11.3 Å². The highest BCUT2D eigenvalue weighted by Gasteiger charge is 2.26. The lowest BCUT2D eigenvalue weighted by atomic mass is 10.4. The molecular weight excluding hydrogens is 368 g/mol. The standard InChI is InChI=1S/C11H17BrN2O4S2/c1-3-14(8-9-4-5-10(12)19-9)20(17,18)13(2)7-6-11(15)16/h4-5H,3,6-8H2,1-2H3,(H,15,16). The molecule has 0 bridgehead atoms. The van der Waals surface area contributed by atoms with E-state index in [0.717, 1.165) is 13.0 Å². The first kappa shape index (κ1) is 17.6. The van der Waals surface area contributed by atoms with Crippen LogP contribution < -0.4 is 0 Å². The van der Waals surface area contributed by atoms with E-state index in [1.165, 1.54) is 22.7 Å². The third kappa shape index (κ3) is 4.81. The van der Waals surface area contributed by atoms with Crippen LogP contribution in [0.3, 0.4) is 0 Å². The Hall–Kier alpha value is -0.480. The lowest BCUT2D eigenvalue weighted by molar-refractivity contribution is -0.137. The lowest BCUT2D eigenvalue weighted by Gasteiger charge is -2.25. The van der Waals surface area contributed by atoms with Gasteiger partial charge in [0.2, 0.25) is 0 Å². The summed E-state index contributed by atoms with van der Waals surface area (Å²) in [7, 11) is -2.25. The number of hydrogen-bond donors (Lipinski definition) is 1. The number of rotatable bonds is 8. The smallest absolute Gasteiger partial charge is 0.304 e. The zero-order chi connectivity index (χ0) is 15.3. The van der Waals surface area contributed by atoms with Crippen molar-refractivity contribution in [2.24, 2.45) is 0 Å². The molecule has 0 unspecified atom stereocenters. The van der Waals surface area contributed by atoms with E-state index >= 15 is 0 Å². The van der Waals surface area contributed by atoms with Gasteiger partial charge in [-0.3, -0.25) is 4.79 Å². The average Bonchev–Trinajstić information content (AvgIpc) is 2.78. The molecule has 1 rings (SSSR count). The second kappa shape index (κ2) is 7.51. The molecule has 0 saturated heterocycles. The van der Waals surface area contributed by atoms with Gasteiger partial charge in [0, 0.05) is 31.6 Å². The van der Waals surface area contributed by atoms with Crippen LogP contribution in [0.4, 0.5) is 0 Å². The van der Waals surface area contributed by atoms with Gasteiger partial charge in [-0.1, -0.05) is 6.92 Å². The Labute approximate surface area is 131 Å². The molecule has 0 radical (unpaired) electrons. The van der Waals surface area contributed by atoms with Crippen LogP contribution in [0.5, 0.6) is 0 Å². The molecule has 0 aliphatic rings. The van der Waals surface area contributed by atoms with Gasteiger partial charge in [-0.2, -0.15) is 17.0 Å². The Morgan fingerprint density at radius 1 is 1.45 bits per heavy atom. The average molecular weight is 385 g/mol. The highest BCUT2D eigenvalue weighted by atomic mass is 79.9. The van der Waals surface area contributed by atoms with Gasteiger partial charge in [0.25, 0.3) is 10.2 Å².